The molecule has 4 aliphatic carbocycles. The van der Waals surface area contributed by atoms with E-state index in [1.54, 1.807) is 5.57 Å². The topological polar surface area (TPSA) is 29.1 Å². The van der Waals surface area contributed by atoms with Crippen molar-refractivity contribution in [2.45, 2.75) is 85.1 Å². The molecule has 0 aromatic heterocycles. The number of allylic oxidation sites excluding steroid dienone is 1. The molecule has 3 fully saturated rings. The van der Waals surface area contributed by atoms with Crippen LogP contribution < -0.4 is 5.32 Å². The molecule has 0 bridgehead atoms. The number of ketones is 1. The molecule has 0 amide bonds. The van der Waals surface area contributed by atoms with Crippen molar-refractivity contribution in [2.24, 2.45) is 34.5 Å². The molecule has 6 unspecified atom stereocenters. The molecule has 4 aliphatic rings. The van der Waals surface area contributed by atoms with Crippen LogP contribution >= 0.6 is 0 Å². The lowest BCUT2D eigenvalue weighted by Gasteiger charge is -2.57. The van der Waals surface area contributed by atoms with Crippen LogP contribution in [0.5, 0.6) is 0 Å². The quantitative estimate of drug-likeness (QED) is 0.720. The van der Waals surface area contributed by atoms with Crippen molar-refractivity contribution in [1.82, 2.24) is 5.32 Å². The molecule has 4 rings (SSSR count). The van der Waals surface area contributed by atoms with Gasteiger partial charge in [-0.05, 0) is 80.6 Å². The van der Waals surface area contributed by atoms with Crippen LogP contribution in [0.3, 0.4) is 0 Å². The summed E-state index contributed by atoms with van der Waals surface area (Å²) in [6.07, 6.45) is 12.2. The monoisotopic (exact) mass is 343 g/mol. The molecule has 2 nitrogen and oxygen atoms in total. The molecule has 0 aliphatic heterocycles. The van der Waals surface area contributed by atoms with Gasteiger partial charge < -0.3 is 5.32 Å². The molecular formula is C23H37NO. The van der Waals surface area contributed by atoms with Gasteiger partial charge in [0, 0.05) is 17.9 Å². The van der Waals surface area contributed by atoms with Gasteiger partial charge >= 0.3 is 0 Å². The minimum atomic E-state index is 0.0128. The smallest absolute Gasteiger partial charge is 0.139 e. The van der Waals surface area contributed by atoms with Crippen LogP contribution in [0.2, 0.25) is 0 Å². The highest BCUT2D eigenvalue weighted by molar-refractivity contribution is 5.87. The molecule has 2 heteroatoms. The minimum absolute atomic E-state index is 0.0128. The van der Waals surface area contributed by atoms with Gasteiger partial charge in [0.25, 0.3) is 0 Å². The summed E-state index contributed by atoms with van der Waals surface area (Å²) >= 11 is 0. The van der Waals surface area contributed by atoms with Crippen molar-refractivity contribution in [3.8, 4) is 0 Å². The third-order valence-corrected chi connectivity index (χ3v) is 8.63. The molecule has 0 heterocycles. The third kappa shape index (κ3) is 2.74. The summed E-state index contributed by atoms with van der Waals surface area (Å²) in [6.45, 7) is 10.6. The molecule has 1 N–H and O–H groups in total. The normalized spacial score (nSPS) is 46.4. The van der Waals surface area contributed by atoms with E-state index in [9.17, 15) is 4.79 Å². The van der Waals surface area contributed by atoms with Gasteiger partial charge in [-0.25, -0.2) is 0 Å². The second-order valence-corrected chi connectivity index (χ2v) is 10.4. The van der Waals surface area contributed by atoms with Crippen molar-refractivity contribution >= 4 is 5.78 Å². The first kappa shape index (κ1) is 17.8. The zero-order valence-electron chi connectivity index (χ0n) is 16.7. The van der Waals surface area contributed by atoms with E-state index in [1.807, 2.05) is 0 Å². The van der Waals surface area contributed by atoms with Gasteiger partial charge in [0.1, 0.15) is 5.78 Å². The van der Waals surface area contributed by atoms with Gasteiger partial charge in [0.15, 0.2) is 0 Å². The molecule has 25 heavy (non-hydrogen) atoms. The predicted molar refractivity (Wildman–Crippen MR) is 103 cm³/mol. The lowest BCUT2D eigenvalue weighted by atomic mass is 9.48. The van der Waals surface area contributed by atoms with Crippen LogP contribution in [0.15, 0.2) is 11.6 Å². The van der Waals surface area contributed by atoms with Crippen LogP contribution in [0.25, 0.3) is 0 Å². The second-order valence-electron chi connectivity index (χ2n) is 10.4. The maximum atomic E-state index is 12.5. The average molecular weight is 344 g/mol. The minimum Gasteiger partial charge on any atom is -0.313 e. The Morgan fingerprint density at radius 1 is 1.12 bits per heavy atom. The molecule has 6 atom stereocenters. The Hall–Kier alpha value is -0.630. The van der Waals surface area contributed by atoms with E-state index in [1.165, 1.54) is 32.1 Å². The van der Waals surface area contributed by atoms with Crippen molar-refractivity contribution in [1.29, 1.82) is 0 Å². The Morgan fingerprint density at radius 2 is 1.84 bits per heavy atom. The largest absolute Gasteiger partial charge is 0.313 e. The summed E-state index contributed by atoms with van der Waals surface area (Å²) in [6, 6.07) is 0.681. The summed E-state index contributed by atoms with van der Waals surface area (Å²) < 4.78 is 0. The molecule has 140 valence electrons. The molecule has 0 spiro atoms. The number of hydrogen-bond acceptors (Lipinski definition) is 2. The number of rotatable bonds is 3. The molecule has 0 saturated heterocycles. The van der Waals surface area contributed by atoms with Crippen molar-refractivity contribution in [3.63, 3.8) is 0 Å². The molecule has 0 aromatic rings. The Kier molecular flexibility index (Phi) is 4.42. The fourth-order valence-corrected chi connectivity index (χ4v) is 7.01. The molecular weight excluding hydrogens is 306 g/mol. The van der Waals surface area contributed by atoms with E-state index < -0.39 is 0 Å². The summed E-state index contributed by atoms with van der Waals surface area (Å²) in [7, 11) is 0. The van der Waals surface area contributed by atoms with Crippen LogP contribution in [0.1, 0.15) is 79.1 Å². The van der Waals surface area contributed by atoms with Gasteiger partial charge in [-0.2, -0.15) is 0 Å². The third-order valence-electron chi connectivity index (χ3n) is 8.63. The lowest BCUT2D eigenvalue weighted by Crippen LogP contribution is -2.51. The van der Waals surface area contributed by atoms with Gasteiger partial charge in [-0.3, -0.25) is 4.79 Å². The van der Waals surface area contributed by atoms with Crippen LogP contribution in [-0.2, 0) is 4.79 Å². The van der Waals surface area contributed by atoms with Crippen LogP contribution in [-0.4, -0.2) is 18.4 Å². The maximum absolute atomic E-state index is 12.5. The number of hydrogen-bond donors (Lipinski definition) is 1. The number of fused-ring (bicyclic) bond motifs is 5. The van der Waals surface area contributed by atoms with Crippen molar-refractivity contribution in [3.05, 3.63) is 11.6 Å². The Labute approximate surface area is 154 Å². The van der Waals surface area contributed by atoms with Gasteiger partial charge in [-0.1, -0.05) is 39.3 Å². The predicted octanol–water partition coefficient (Wildman–Crippen LogP) is 5.13. The van der Waals surface area contributed by atoms with Gasteiger partial charge in [0.05, 0.1) is 0 Å². The first-order chi connectivity index (χ1) is 11.8. The van der Waals surface area contributed by atoms with E-state index in [0.29, 0.717) is 23.2 Å². The highest BCUT2D eigenvalue weighted by atomic mass is 16.1. The first-order valence-electron chi connectivity index (χ1n) is 10.8. The van der Waals surface area contributed by atoms with Gasteiger partial charge in [0.2, 0.25) is 0 Å². The van der Waals surface area contributed by atoms with E-state index >= 15 is 0 Å². The van der Waals surface area contributed by atoms with E-state index in [-0.39, 0.29) is 5.41 Å². The SMILES string of the molecule is CC(C)CNC1CCC2(C)C(=CCC3C4CCC(=O)C4(C)CCC32)C1. The maximum Gasteiger partial charge on any atom is 0.139 e. The van der Waals surface area contributed by atoms with E-state index in [0.717, 1.165) is 43.6 Å². The second kappa shape index (κ2) is 6.22. The first-order valence-corrected chi connectivity index (χ1v) is 10.8. The number of nitrogens with one attached hydrogen (secondary N) is 1. The summed E-state index contributed by atoms with van der Waals surface area (Å²) in [5, 5.41) is 3.81. The zero-order valence-corrected chi connectivity index (χ0v) is 16.7. The fourth-order valence-electron chi connectivity index (χ4n) is 7.01. The molecule has 0 radical (unpaired) electrons. The van der Waals surface area contributed by atoms with E-state index in [4.69, 9.17) is 0 Å². The Bertz CT molecular complexity index is 579. The zero-order chi connectivity index (χ0) is 17.8. The summed E-state index contributed by atoms with van der Waals surface area (Å²) in [5.74, 6) is 3.54. The average Bonchev–Trinajstić information content (AvgIpc) is 2.88. The van der Waals surface area contributed by atoms with Crippen LogP contribution in [0, 0.1) is 34.5 Å². The number of Topliss-reactive ketones (excluding diaryl/α,β-unsaturated/α-hetero) is 1. The number of carbonyl (C=O) groups excluding carboxylic acids is 1. The van der Waals surface area contributed by atoms with Crippen LogP contribution in [0.4, 0.5) is 0 Å². The molecule has 3 saturated carbocycles. The van der Waals surface area contributed by atoms with Gasteiger partial charge in [-0.15, -0.1) is 0 Å². The number of carbonyl (C=O) groups is 1. The summed E-state index contributed by atoms with van der Waals surface area (Å²) in [5.41, 5.74) is 2.17. The molecule has 0 aromatic carbocycles. The fraction of sp³-hybridized carbons (Fsp3) is 0.870. The standard InChI is InChI=1S/C23H37NO/c1-15(2)14-24-17-9-11-22(3)16(13-17)5-6-18-19-7-8-21(25)23(19,4)12-10-20(18)22/h5,15,17-20,24H,6-14H2,1-4H3. The lowest BCUT2D eigenvalue weighted by molar-refractivity contribution is -0.131. The Morgan fingerprint density at radius 3 is 2.60 bits per heavy atom. The highest BCUT2D eigenvalue weighted by Gasteiger charge is 2.58. The highest BCUT2D eigenvalue weighted by Crippen LogP contribution is 2.63. The Balaban J connectivity index is 1.53. The van der Waals surface area contributed by atoms with Crippen molar-refractivity contribution < 1.29 is 4.79 Å². The van der Waals surface area contributed by atoms with Crippen molar-refractivity contribution in [2.75, 3.05) is 6.54 Å². The van der Waals surface area contributed by atoms with E-state index in [2.05, 4.69) is 39.1 Å². The summed E-state index contributed by atoms with van der Waals surface area (Å²) in [4.78, 5) is 12.5.